The summed E-state index contributed by atoms with van der Waals surface area (Å²) in [6.45, 7) is 8.43. The van der Waals surface area contributed by atoms with E-state index in [1.807, 2.05) is 54.9 Å². The number of amides is 1. The summed E-state index contributed by atoms with van der Waals surface area (Å²) in [4.78, 5) is 19.0. The molecule has 0 aliphatic heterocycles. The Hall–Kier alpha value is -3.02. The number of nitrogens with zero attached hydrogens (tertiary/aromatic N) is 3. The van der Waals surface area contributed by atoms with E-state index in [4.69, 9.17) is 4.74 Å². The van der Waals surface area contributed by atoms with Crippen molar-refractivity contribution in [2.24, 2.45) is 7.05 Å². The van der Waals surface area contributed by atoms with Crippen molar-refractivity contribution in [2.45, 2.75) is 27.2 Å². The molecule has 0 bridgehead atoms. The first-order valence-corrected chi connectivity index (χ1v) is 9.73. The van der Waals surface area contributed by atoms with Crippen molar-refractivity contribution in [1.29, 1.82) is 0 Å². The Bertz CT molecular complexity index is 960. The minimum atomic E-state index is -0.447. The van der Waals surface area contributed by atoms with Gasteiger partial charge >= 0.3 is 6.09 Å². The van der Waals surface area contributed by atoms with Crippen LogP contribution < -0.4 is 10.2 Å². The quantitative estimate of drug-likeness (QED) is 0.655. The third-order valence-electron chi connectivity index (χ3n) is 5.01. The predicted molar refractivity (Wildman–Crippen MR) is 114 cm³/mol. The second-order valence-corrected chi connectivity index (χ2v) is 6.76. The van der Waals surface area contributed by atoms with Crippen molar-refractivity contribution in [3.8, 4) is 0 Å². The number of imidazole rings is 1. The smallest absolute Gasteiger partial charge is 0.411 e. The minimum absolute atomic E-state index is 0.277. The van der Waals surface area contributed by atoms with Gasteiger partial charge < -0.3 is 14.2 Å². The molecular weight excluding hydrogens is 352 g/mol. The van der Waals surface area contributed by atoms with Gasteiger partial charge in [-0.2, -0.15) is 0 Å². The van der Waals surface area contributed by atoms with E-state index in [9.17, 15) is 4.79 Å². The molecule has 3 aromatic rings. The number of rotatable bonds is 7. The number of fused-ring (bicyclic) bond motifs is 1. The number of carbonyl (C=O) groups is 1. The van der Waals surface area contributed by atoms with Gasteiger partial charge in [-0.15, -0.1) is 0 Å². The lowest BCUT2D eigenvalue weighted by molar-refractivity contribution is 0.162. The molecule has 0 radical (unpaired) electrons. The van der Waals surface area contributed by atoms with Gasteiger partial charge in [0.05, 0.1) is 11.0 Å². The van der Waals surface area contributed by atoms with Gasteiger partial charge in [-0.1, -0.05) is 12.1 Å². The zero-order valence-electron chi connectivity index (χ0n) is 17.0. The number of para-hydroxylation sites is 2. The van der Waals surface area contributed by atoms with E-state index in [2.05, 4.69) is 35.1 Å². The van der Waals surface area contributed by atoms with Crippen molar-refractivity contribution in [3.63, 3.8) is 0 Å². The molecule has 0 aliphatic rings. The Kier molecular flexibility index (Phi) is 6.19. The topological polar surface area (TPSA) is 59.4 Å². The molecule has 1 heterocycles. The molecular formula is C22H28N4O2. The van der Waals surface area contributed by atoms with Crippen LogP contribution in [-0.4, -0.2) is 35.3 Å². The van der Waals surface area contributed by atoms with Gasteiger partial charge in [-0.05, 0) is 56.7 Å². The standard InChI is InChI=1S/C22H28N4O2/c1-5-26(6-2)17-11-12-18(16(3)15-17)24-22(27)28-14-13-21-23-19-9-7-8-10-20(19)25(21)4/h7-12,15H,5-6,13-14H2,1-4H3,(H,24,27). The number of ether oxygens (including phenoxy) is 1. The van der Waals surface area contributed by atoms with E-state index in [0.29, 0.717) is 6.42 Å². The summed E-state index contributed by atoms with van der Waals surface area (Å²) in [5.74, 6) is 0.897. The fourth-order valence-electron chi connectivity index (χ4n) is 3.37. The van der Waals surface area contributed by atoms with Crippen molar-refractivity contribution < 1.29 is 9.53 Å². The van der Waals surface area contributed by atoms with E-state index in [1.165, 1.54) is 0 Å². The molecule has 148 valence electrons. The van der Waals surface area contributed by atoms with E-state index >= 15 is 0 Å². The molecule has 1 N–H and O–H groups in total. The van der Waals surface area contributed by atoms with Gasteiger partial charge in [0.25, 0.3) is 0 Å². The Balaban J connectivity index is 1.56. The zero-order chi connectivity index (χ0) is 20.1. The maximum Gasteiger partial charge on any atom is 0.411 e. The second kappa shape index (κ2) is 8.78. The summed E-state index contributed by atoms with van der Waals surface area (Å²) in [7, 11) is 1.98. The molecule has 2 aromatic carbocycles. The Labute approximate surface area is 166 Å². The first kappa shape index (κ1) is 19.7. The highest BCUT2D eigenvalue weighted by Crippen LogP contribution is 2.23. The molecule has 3 rings (SSSR count). The fraction of sp³-hybridized carbons (Fsp3) is 0.364. The molecule has 0 unspecified atom stereocenters. The number of benzene rings is 2. The van der Waals surface area contributed by atoms with E-state index in [1.54, 1.807) is 0 Å². The largest absolute Gasteiger partial charge is 0.449 e. The molecule has 28 heavy (non-hydrogen) atoms. The van der Waals surface area contributed by atoms with Crippen LogP contribution in [0, 0.1) is 6.92 Å². The van der Waals surface area contributed by atoms with Gasteiger partial charge in [0.15, 0.2) is 0 Å². The van der Waals surface area contributed by atoms with Gasteiger partial charge in [0.1, 0.15) is 12.4 Å². The molecule has 0 saturated carbocycles. The van der Waals surface area contributed by atoms with Crippen LogP contribution in [-0.2, 0) is 18.2 Å². The van der Waals surface area contributed by atoms with Crippen molar-refractivity contribution in [3.05, 3.63) is 53.9 Å². The molecule has 6 nitrogen and oxygen atoms in total. The Morgan fingerprint density at radius 1 is 1.18 bits per heavy atom. The third-order valence-corrected chi connectivity index (χ3v) is 5.01. The second-order valence-electron chi connectivity index (χ2n) is 6.76. The highest BCUT2D eigenvalue weighted by atomic mass is 16.5. The molecule has 0 fully saturated rings. The van der Waals surface area contributed by atoms with E-state index in [-0.39, 0.29) is 6.61 Å². The average Bonchev–Trinajstić information content (AvgIpc) is 3.01. The van der Waals surface area contributed by atoms with Crippen LogP contribution in [0.4, 0.5) is 16.2 Å². The Morgan fingerprint density at radius 3 is 2.61 bits per heavy atom. The number of hydrogen-bond acceptors (Lipinski definition) is 4. The summed E-state index contributed by atoms with van der Waals surface area (Å²) >= 11 is 0. The zero-order valence-corrected chi connectivity index (χ0v) is 17.0. The summed E-state index contributed by atoms with van der Waals surface area (Å²) in [5.41, 5.74) is 4.96. The van der Waals surface area contributed by atoms with E-state index < -0.39 is 6.09 Å². The number of anilines is 2. The molecule has 0 spiro atoms. The van der Waals surface area contributed by atoms with Crippen LogP contribution in [0.2, 0.25) is 0 Å². The van der Waals surface area contributed by atoms with Gasteiger partial charge in [-0.3, -0.25) is 5.32 Å². The van der Waals surface area contributed by atoms with Crippen LogP contribution in [0.1, 0.15) is 25.2 Å². The summed E-state index contributed by atoms with van der Waals surface area (Å²) in [6.07, 6.45) is 0.121. The summed E-state index contributed by atoms with van der Waals surface area (Å²) in [6, 6.07) is 14.0. The number of aromatic nitrogens is 2. The molecule has 1 aromatic heterocycles. The lowest BCUT2D eigenvalue weighted by Crippen LogP contribution is -2.22. The molecule has 1 amide bonds. The predicted octanol–water partition coefficient (Wildman–Crippen LogP) is 4.52. The molecule has 6 heteroatoms. The summed E-state index contributed by atoms with van der Waals surface area (Å²) < 4.78 is 7.40. The average molecular weight is 380 g/mol. The first-order valence-electron chi connectivity index (χ1n) is 9.73. The fourth-order valence-corrected chi connectivity index (χ4v) is 3.37. The van der Waals surface area contributed by atoms with Crippen LogP contribution in [0.5, 0.6) is 0 Å². The minimum Gasteiger partial charge on any atom is -0.449 e. The van der Waals surface area contributed by atoms with Crippen molar-refractivity contribution in [1.82, 2.24) is 9.55 Å². The number of aryl methyl sites for hydroxylation is 2. The van der Waals surface area contributed by atoms with Crippen LogP contribution in [0.3, 0.4) is 0 Å². The normalized spacial score (nSPS) is 10.9. The number of carbonyl (C=O) groups excluding carboxylic acids is 1. The molecule has 0 aliphatic carbocycles. The molecule has 0 atom stereocenters. The van der Waals surface area contributed by atoms with Gasteiger partial charge in [0, 0.05) is 37.9 Å². The van der Waals surface area contributed by atoms with E-state index in [0.717, 1.165) is 46.9 Å². The highest BCUT2D eigenvalue weighted by molar-refractivity contribution is 5.86. The monoisotopic (exact) mass is 380 g/mol. The first-order chi connectivity index (χ1) is 13.5. The maximum absolute atomic E-state index is 12.2. The lowest BCUT2D eigenvalue weighted by atomic mass is 10.1. The van der Waals surface area contributed by atoms with Crippen LogP contribution >= 0.6 is 0 Å². The van der Waals surface area contributed by atoms with Crippen molar-refractivity contribution >= 4 is 28.5 Å². The Morgan fingerprint density at radius 2 is 1.93 bits per heavy atom. The van der Waals surface area contributed by atoms with Gasteiger partial charge in [-0.25, -0.2) is 9.78 Å². The number of nitrogens with one attached hydrogen (secondary N) is 1. The van der Waals surface area contributed by atoms with Crippen LogP contribution in [0.15, 0.2) is 42.5 Å². The van der Waals surface area contributed by atoms with Crippen molar-refractivity contribution in [2.75, 3.05) is 29.9 Å². The van der Waals surface area contributed by atoms with Crippen LogP contribution in [0.25, 0.3) is 11.0 Å². The maximum atomic E-state index is 12.2. The van der Waals surface area contributed by atoms with Gasteiger partial charge in [0.2, 0.25) is 0 Å². The summed E-state index contributed by atoms with van der Waals surface area (Å²) in [5, 5.41) is 2.83. The lowest BCUT2D eigenvalue weighted by Gasteiger charge is -2.22. The number of hydrogen-bond donors (Lipinski definition) is 1. The SMILES string of the molecule is CCN(CC)c1ccc(NC(=O)OCCc2nc3ccccc3n2C)c(C)c1. The molecule has 0 saturated heterocycles. The highest BCUT2D eigenvalue weighted by Gasteiger charge is 2.11. The third kappa shape index (κ3) is 4.27.